The second-order valence-corrected chi connectivity index (χ2v) is 7.52. The highest BCUT2D eigenvalue weighted by Crippen LogP contribution is 2.30. The molecule has 2 N–H and O–H groups in total. The number of piperazine rings is 1. The number of ether oxygens (including phenoxy) is 2. The Labute approximate surface area is 174 Å². The number of fused-ring (bicyclic) bond motifs is 1. The van der Waals surface area contributed by atoms with E-state index in [9.17, 15) is 14.0 Å². The van der Waals surface area contributed by atoms with Gasteiger partial charge in [-0.15, -0.1) is 0 Å². The lowest BCUT2D eigenvalue weighted by Gasteiger charge is -2.32. The molecule has 0 aliphatic carbocycles. The van der Waals surface area contributed by atoms with E-state index in [0.717, 1.165) is 10.5 Å². The summed E-state index contributed by atoms with van der Waals surface area (Å²) >= 11 is 0. The summed E-state index contributed by atoms with van der Waals surface area (Å²) in [6, 6.07) is 11.3. The molecule has 30 heavy (non-hydrogen) atoms. The number of hydrogen-bond acceptors (Lipinski definition) is 4. The third-order valence-electron chi connectivity index (χ3n) is 5.32. The molecule has 2 aromatic rings. The maximum Gasteiger partial charge on any atom is 0.279 e. The van der Waals surface area contributed by atoms with Crippen LogP contribution in [0.4, 0.5) is 10.1 Å². The third kappa shape index (κ3) is 5.07. The topological polar surface area (TPSA) is 72.3 Å². The summed E-state index contributed by atoms with van der Waals surface area (Å²) in [6.07, 6.45) is 0.316. The molecule has 0 saturated carbocycles. The SMILES string of the molecule is O=C(C[NH+]1CCN(C(=O)Cc2ccc3c(c2)OCCO3)CC1)Nc1ccc(F)cc1. The number of nitrogens with one attached hydrogen (secondary N) is 2. The Hall–Kier alpha value is -3.13. The average Bonchev–Trinajstić information content (AvgIpc) is 2.76. The number of quaternary nitrogens is 1. The van der Waals surface area contributed by atoms with Crippen LogP contribution < -0.4 is 19.7 Å². The van der Waals surface area contributed by atoms with Crippen molar-refractivity contribution in [2.24, 2.45) is 0 Å². The molecule has 0 radical (unpaired) electrons. The van der Waals surface area contributed by atoms with E-state index in [4.69, 9.17) is 9.47 Å². The van der Waals surface area contributed by atoms with Crippen molar-refractivity contribution in [3.63, 3.8) is 0 Å². The number of amides is 2. The first-order chi connectivity index (χ1) is 14.6. The van der Waals surface area contributed by atoms with Crippen molar-refractivity contribution in [2.75, 3.05) is 51.3 Å². The van der Waals surface area contributed by atoms with Gasteiger partial charge in [0.05, 0.1) is 32.6 Å². The highest BCUT2D eigenvalue weighted by Gasteiger charge is 2.25. The minimum atomic E-state index is -0.337. The fraction of sp³-hybridized carbons (Fsp3) is 0.364. The Morgan fingerprint density at radius 2 is 1.70 bits per heavy atom. The van der Waals surface area contributed by atoms with Gasteiger partial charge in [0.1, 0.15) is 19.0 Å². The summed E-state index contributed by atoms with van der Waals surface area (Å²) in [5.74, 6) is 1.02. The van der Waals surface area contributed by atoms with E-state index in [0.29, 0.717) is 69.5 Å². The molecule has 0 bridgehead atoms. The minimum Gasteiger partial charge on any atom is -0.486 e. The van der Waals surface area contributed by atoms with Crippen molar-refractivity contribution in [3.8, 4) is 11.5 Å². The zero-order valence-corrected chi connectivity index (χ0v) is 16.7. The number of carbonyl (C=O) groups is 2. The Balaban J connectivity index is 1.23. The average molecular weight is 414 g/mol. The molecule has 4 rings (SSSR count). The summed E-state index contributed by atoms with van der Waals surface area (Å²) in [5.41, 5.74) is 1.48. The molecule has 2 aromatic carbocycles. The van der Waals surface area contributed by atoms with Gasteiger partial charge in [0.2, 0.25) is 5.91 Å². The van der Waals surface area contributed by atoms with Crippen molar-refractivity contribution in [3.05, 3.63) is 53.8 Å². The standard InChI is InChI=1S/C22H24FN3O4/c23-17-2-4-18(5-3-17)24-21(27)15-25-7-9-26(10-8-25)22(28)14-16-1-6-19-20(13-16)30-12-11-29-19/h1-6,13H,7-12,14-15H2,(H,24,27)/p+1. The van der Waals surface area contributed by atoms with Gasteiger partial charge in [-0.2, -0.15) is 0 Å². The molecule has 0 unspecified atom stereocenters. The Kier molecular flexibility index (Phi) is 6.13. The van der Waals surface area contributed by atoms with Crippen LogP contribution in [0.15, 0.2) is 42.5 Å². The predicted molar refractivity (Wildman–Crippen MR) is 108 cm³/mol. The van der Waals surface area contributed by atoms with E-state index < -0.39 is 0 Å². The lowest BCUT2D eigenvalue weighted by atomic mass is 10.1. The van der Waals surface area contributed by atoms with Crippen LogP contribution in [0.1, 0.15) is 5.56 Å². The van der Waals surface area contributed by atoms with Crippen LogP contribution in [0.25, 0.3) is 0 Å². The summed E-state index contributed by atoms with van der Waals surface area (Å²) < 4.78 is 24.0. The van der Waals surface area contributed by atoms with E-state index in [-0.39, 0.29) is 17.6 Å². The van der Waals surface area contributed by atoms with Gasteiger partial charge in [-0.1, -0.05) is 6.07 Å². The number of halogens is 1. The first kappa shape index (κ1) is 20.2. The first-order valence-corrected chi connectivity index (χ1v) is 10.1. The fourth-order valence-electron chi connectivity index (χ4n) is 3.70. The molecule has 2 aliphatic rings. The first-order valence-electron chi connectivity index (χ1n) is 10.1. The second kappa shape index (κ2) is 9.13. The summed E-state index contributed by atoms with van der Waals surface area (Å²) in [4.78, 5) is 27.8. The van der Waals surface area contributed by atoms with Crippen LogP contribution in [0.3, 0.4) is 0 Å². The molecular weight excluding hydrogens is 389 g/mol. The largest absolute Gasteiger partial charge is 0.486 e. The van der Waals surface area contributed by atoms with E-state index in [2.05, 4.69) is 5.32 Å². The van der Waals surface area contributed by atoms with Crippen LogP contribution in [-0.2, 0) is 16.0 Å². The fourth-order valence-corrected chi connectivity index (χ4v) is 3.70. The zero-order valence-electron chi connectivity index (χ0n) is 16.7. The molecular formula is C22H25FN3O4+. The molecule has 0 atom stereocenters. The molecule has 8 heteroatoms. The summed E-state index contributed by atoms with van der Waals surface area (Å²) in [6.45, 7) is 4.03. The van der Waals surface area contributed by atoms with Crippen molar-refractivity contribution >= 4 is 17.5 Å². The van der Waals surface area contributed by atoms with E-state index in [1.807, 2.05) is 23.1 Å². The van der Waals surface area contributed by atoms with Crippen LogP contribution >= 0.6 is 0 Å². The van der Waals surface area contributed by atoms with Gasteiger partial charge in [-0.3, -0.25) is 9.59 Å². The van der Waals surface area contributed by atoms with Crippen molar-refractivity contribution in [1.29, 1.82) is 0 Å². The molecule has 2 heterocycles. The van der Waals surface area contributed by atoms with Gasteiger partial charge in [0.25, 0.3) is 5.91 Å². The lowest BCUT2D eigenvalue weighted by molar-refractivity contribution is -0.895. The molecule has 1 saturated heterocycles. The molecule has 7 nitrogen and oxygen atoms in total. The maximum atomic E-state index is 13.0. The molecule has 2 amide bonds. The highest BCUT2D eigenvalue weighted by atomic mass is 19.1. The van der Waals surface area contributed by atoms with Gasteiger partial charge in [-0.05, 0) is 42.0 Å². The van der Waals surface area contributed by atoms with Crippen LogP contribution in [-0.4, -0.2) is 62.7 Å². The van der Waals surface area contributed by atoms with Gasteiger partial charge < -0.3 is 24.6 Å². The van der Waals surface area contributed by atoms with Gasteiger partial charge in [0, 0.05) is 5.69 Å². The van der Waals surface area contributed by atoms with Gasteiger partial charge in [0.15, 0.2) is 18.0 Å². The Bertz CT molecular complexity index is 911. The number of nitrogens with zero attached hydrogens (tertiary/aromatic N) is 1. The monoisotopic (exact) mass is 414 g/mol. The predicted octanol–water partition coefficient (Wildman–Crippen LogP) is 0.505. The van der Waals surface area contributed by atoms with E-state index in [1.165, 1.54) is 24.3 Å². The number of benzene rings is 2. The Morgan fingerprint density at radius 1 is 1.00 bits per heavy atom. The molecule has 1 fully saturated rings. The highest BCUT2D eigenvalue weighted by molar-refractivity contribution is 5.91. The normalized spacial score (nSPS) is 16.2. The lowest BCUT2D eigenvalue weighted by Crippen LogP contribution is -3.15. The number of anilines is 1. The Morgan fingerprint density at radius 3 is 2.43 bits per heavy atom. The maximum absolute atomic E-state index is 13.0. The van der Waals surface area contributed by atoms with Crippen molar-refractivity contribution in [2.45, 2.75) is 6.42 Å². The number of hydrogen-bond donors (Lipinski definition) is 2. The van der Waals surface area contributed by atoms with Crippen molar-refractivity contribution in [1.82, 2.24) is 4.90 Å². The zero-order chi connectivity index (χ0) is 20.9. The van der Waals surface area contributed by atoms with Gasteiger partial charge in [-0.25, -0.2) is 4.39 Å². The quantitative estimate of drug-likeness (QED) is 0.748. The number of rotatable bonds is 5. The molecule has 0 aromatic heterocycles. The number of carbonyl (C=O) groups excluding carboxylic acids is 2. The van der Waals surface area contributed by atoms with Crippen molar-refractivity contribution < 1.29 is 28.4 Å². The minimum absolute atomic E-state index is 0.0708. The van der Waals surface area contributed by atoms with Crippen LogP contribution in [0, 0.1) is 5.82 Å². The molecule has 158 valence electrons. The molecule has 2 aliphatic heterocycles. The van der Waals surface area contributed by atoms with Gasteiger partial charge >= 0.3 is 0 Å². The summed E-state index contributed by atoms with van der Waals surface area (Å²) in [7, 11) is 0. The van der Waals surface area contributed by atoms with E-state index in [1.54, 1.807) is 0 Å². The van der Waals surface area contributed by atoms with Crippen LogP contribution in [0.2, 0.25) is 0 Å². The van der Waals surface area contributed by atoms with Crippen LogP contribution in [0.5, 0.6) is 11.5 Å². The third-order valence-corrected chi connectivity index (χ3v) is 5.32. The smallest absolute Gasteiger partial charge is 0.279 e. The molecule has 0 spiro atoms. The second-order valence-electron chi connectivity index (χ2n) is 7.52. The van der Waals surface area contributed by atoms with E-state index >= 15 is 0 Å². The summed E-state index contributed by atoms with van der Waals surface area (Å²) in [5, 5.41) is 2.78.